The van der Waals surface area contributed by atoms with E-state index in [2.05, 4.69) is 9.88 Å². The van der Waals surface area contributed by atoms with Gasteiger partial charge in [-0.25, -0.2) is 13.4 Å². The Balaban J connectivity index is 1.77. The molecule has 0 unspecified atom stereocenters. The van der Waals surface area contributed by atoms with Crippen LogP contribution in [-0.4, -0.2) is 91.3 Å². The van der Waals surface area contributed by atoms with Gasteiger partial charge in [0.25, 0.3) is 0 Å². The average Bonchev–Trinajstić information content (AvgIpc) is 3.04. The molecule has 0 bridgehead atoms. The Morgan fingerprint density at radius 1 is 1.29 bits per heavy atom. The van der Waals surface area contributed by atoms with Crippen molar-refractivity contribution in [2.24, 2.45) is 0 Å². The van der Waals surface area contributed by atoms with E-state index in [1.165, 1.54) is 4.88 Å². The molecule has 24 heavy (non-hydrogen) atoms. The number of amides is 1. The van der Waals surface area contributed by atoms with Crippen LogP contribution in [0.15, 0.2) is 5.51 Å². The highest BCUT2D eigenvalue weighted by atomic mass is 32.2. The van der Waals surface area contributed by atoms with Gasteiger partial charge in [0.2, 0.25) is 5.91 Å². The Labute approximate surface area is 147 Å². The third-order valence-electron chi connectivity index (χ3n) is 4.93. The van der Waals surface area contributed by atoms with Crippen LogP contribution in [-0.2, 0) is 21.2 Å². The van der Waals surface area contributed by atoms with Crippen molar-refractivity contribution in [3.63, 3.8) is 0 Å². The van der Waals surface area contributed by atoms with Crippen LogP contribution in [0.3, 0.4) is 0 Å². The van der Waals surface area contributed by atoms with Gasteiger partial charge in [0, 0.05) is 50.7 Å². The molecular formula is C15H24N4O3S2. The van der Waals surface area contributed by atoms with Gasteiger partial charge in [-0.05, 0) is 6.92 Å². The van der Waals surface area contributed by atoms with Gasteiger partial charge in [-0.1, -0.05) is 0 Å². The quantitative estimate of drug-likeness (QED) is 0.730. The standard InChI is InChI=1S/C15H24N4O3S2/c1-11-14(23-10-16-11)6-18-4-5-19(7-15(20)17(2)3)13-9-24(21,22)8-12(13)18/h10,12-13H,4-9H2,1-3H3/t12-,13+/m0/s1. The van der Waals surface area contributed by atoms with Crippen molar-refractivity contribution in [2.75, 3.05) is 45.2 Å². The summed E-state index contributed by atoms with van der Waals surface area (Å²) in [6.45, 7) is 4.50. The molecule has 0 N–H and O–H groups in total. The van der Waals surface area contributed by atoms with Gasteiger partial charge in [0.15, 0.2) is 9.84 Å². The number of rotatable bonds is 4. The number of carbonyl (C=O) groups is 1. The number of likely N-dealkylation sites (N-methyl/N-ethyl adjacent to an activating group) is 1. The molecule has 2 saturated heterocycles. The molecule has 2 fully saturated rings. The van der Waals surface area contributed by atoms with Gasteiger partial charge in [-0.2, -0.15) is 0 Å². The van der Waals surface area contributed by atoms with Gasteiger partial charge in [-0.3, -0.25) is 14.6 Å². The minimum atomic E-state index is -3.06. The van der Waals surface area contributed by atoms with E-state index < -0.39 is 9.84 Å². The second kappa shape index (κ2) is 6.70. The fraction of sp³-hybridized carbons (Fsp3) is 0.733. The molecule has 2 aliphatic rings. The minimum Gasteiger partial charge on any atom is -0.348 e. The molecule has 2 aliphatic heterocycles. The number of aromatic nitrogens is 1. The van der Waals surface area contributed by atoms with Gasteiger partial charge < -0.3 is 4.90 Å². The second-order valence-corrected chi connectivity index (χ2v) is 9.89. The summed E-state index contributed by atoms with van der Waals surface area (Å²) in [5.74, 6) is 0.350. The van der Waals surface area contributed by atoms with Crippen LogP contribution < -0.4 is 0 Å². The number of sulfone groups is 1. The molecule has 134 valence electrons. The van der Waals surface area contributed by atoms with E-state index in [-0.39, 0.29) is 36.0 Å². The molecule has 1 aromatic rings. The molecule has 1 amide bonds. The van der Waals surface area contributed by atoms with Crippen LogP contribution in [0.1, 0.15) is 10.6 Å². The summed E-state index contributed by atoms with van der Waals surface area (Å²) >= 11 is 1.62. The number of nitrogens with zero attached hydrogens (tertiary/aromatic N) is 4. The van der Waals surface area contributed by atoms with Gasteiger partial charge in [0.1, 0.15) is 0 Å². The first kappa shape index (κ1) is 17.8. The highest BCUT2D eigenvalue weighted by Crippen LogP contribution is 2.29. The van der Waals surface area contributed by atoms with Crippen LogP contribution >= 0.6 is 11.3 Å². The Morgan fingerprint density at radius 3 is 2.50 bits per heavy atom. The zero-order valence-corrected chi connectivity index (χ0v) is 15.9. The Kier molecular flexibility index (Phi) is 4.96. The van der Waals surface area contributed by atoms with Crippen molar-refractivity contribution in [2.45, 2.75) is 25.6 Å². The number of hydrogen-bond acceptors (Lipinski definition) is 7. The lowest BCUT2D eigenvalue weighted by Gasteiger charge is -2.43. The molecule has 3 rings (SSSR count). The largest absolute Gasteiger partial charge is 0.348 e. The molecular weight excluding hydrogens is 348 g/mol. The molecule has 9 heteroatoms. The maximum absolute atomic E-state index is 12.2. The van der Waals surface area contributed by atoms with Crippen molar-refractivity contribution >= 4 is 27.1 Å². The fourth-order valence-electron chi connectivity index (χ4n) is 3.47. The molecule has 2 atom stereocenters. The van der Waals surface area contributed by atoms with Crippen LogP contribution in [0, 0.1) is 6.92 Å². The zero-order chi connectivity index (χ0) is 17.5. The Morgan fingerprint density at radius 2 is 1.92 bits per heavy atom. The van der Waals surface area contributed by atoms with E-state index in [9.17, 15) is 13.2 Å². The summed E-state index contributed by atoms with van der Waals surface area (Å²) in [7, 11) is 0.400. The van der Waals surface area contributed by atoms with Crippen LogP contribution in [0.2, 0.25) is 0 Å². The summed E-state index contributed by atoms with van der Waals surface area (Å²) in [6.07, 6.45) is 0. The van der Waals surface area contributed by atoms with E-state index in [4.69, 9.17) is 0 Å². The average molecular weight is 373 g/mol. The molecule has 3 heterocycles. The summed E-state index contributed by atoms with van der Waals surface area (Å²) in [4.78, 5) is 23.4. The number of fused-ring (bicyclic) bond motifs is 1. The minimum absolute atomic E-state index is 0.0183. The molecule has 0 radical (unpaired) electrons. The Bertz CT molecular complexity index is 716. The van der Waals surface area contributed by atoms with Crippen LogP contribution in [0.5, 0.6) is 0 Å². The van der Waals surface area contributed by atoms with Crippen molar-refractivity contribution in [1.82, 2.24) is 19.7 Å². The first-order valence-corrected chi connectivity index (χ1v) is 10.7. The predicted molar refractivity (Wildman–Crippen MR) is 93.8 cm³/mol. The molecule has 0 aliphatic carbocycles. The SMILES string of the molecule is Cc1ncsc1CN1CCN(CC(=O)N(C)C)[C@@H]2CS(=O)(=O)C[C@@H]21. The van der Waals surface area contributed by atoms with Crippen molar-refractivity contribution in [3.05, 3.63) is 16.1 Å². The molecule has 1 aromatic heterocycles. The predicted octanol–water partition coefficient (Wildman–Crippen LogP) is -0.177. The summed E-state index contributed by atoms with van der Waals surface area (Å²) in [5.41, 5.74) is 2.85. The maximum atomic E-state index is 12.2. The number of hydrogen-bond donors (Lipinski definition) is 0. The monoisotopic (exact) mass is 372 g/mol. The molecule has 7 nitrogen and oxygen atoms in total. The van der Waals surface area contributed by atoms with Crippen LogP contribution in [0.4, 0.5) is 0 Å². The first-order valence-electron chi connectivity index (χ1n) is 8.04. The number of piperazine rings is 1. The summed E-state index contributed by atoms with van der Waals surface area (Å²) < 4.78 is 24.4. The second-order valence-electron chi connectivity index (χ2n) is 6.80. The zero-order valence-electron chi connectivity index (χ0n) is 14.3. The summed E-state index contributed by atoms with van der Waals surface area (Å²) in [6, 6.07) is -0.138. The lowest BCUT2D eigenvalue weighted by Crippen LogP contribution is -2.60. The van der Waals surface area contributed by atoms with Crippen LogP contribution in [0.25, 0.3) is 0 Å². The highest BCUT2D eigenvalue weighted by molar-refractivity contribution is 7.91. The molecule has 0 aromatic carbocycles. The lowest BCUT2D eigenvalue weighted by atomic mass is 10.0. The fourth-order valence-corrected chi connectivity index (χ4v) is 6.31. The number of thiazole rings is 1. The summed E-state index contributed by atoms with van der Waals surface area (Å²) in [5, 5.41) is 0. The number of aryl methyl sites for hydroxylation is 1. The number of carbonyl (C=O) groups excluding carboxylic acids is 1. The van der Waals surface area contributed by atoms with E-state index in [0.29, 0.717) is 6.54 Å². The van der Waals surface area contributed by atoms with E-state index in [1.54, 1.807) is 30.3 Å². The lowest BCUT2D eigenvalue weighted by molar-refractivity contribution is -0.131. The van der Waals surface area contributed by atoms with Crippen molar-refractivity contribution < 1.29 is 13.2 Å². The normalized spacial score (nSPS) is 27.1. The Hall–Kier alpha value is -1.03. The molecule has 0 spiro atoms. The highest BCUT2D eigenvalue weighted by Gasteiger charge is 2.46. The van der Waals surface area contributed by atoms with Crippen molar-refractivity contribution in [1.29, 1.82) is 0 Å². The topological polar surface area (TPSA) is 73.8 Å². The van der Waals surface area contributed by atoms with Gasteiger partial charge in [0.05, 0.1) is 29.3 Å². The van der Waals surface area contributed by atoms with Gasteiger partial charge >= 0.3 is 0 Å². The van der Waals surface area contributed by atoms with E-state index in [1.807, 2.05) is 17.3 Å². The van der Waals surface area contributed by atoms with E-state index >= 15 is 0 Å². The smallest absolute Gasteiger partial charge is 0.236 e. The first-order chi connectivity index (χ1) is 11.3. The third-order valence-corrected chi connectivity index (χ3v) is 7.55. The van der Waals surface area contributed by atoms with E-state index in [0.717, 1.165) is 18.8 Å². The third kappa shape index (κ3) is 3.63. The maximum Gasteiger partial charge on any atom is 0.236 e. The molecule has 0 saturated carbocycles. The van der Waals surface area contributed by atoms with Crippen molar-refractivity contribution in [3.8, 4) is 0 Å². The van der Waals surface area contributed by atoms with Gasteiger partial charge in [-0.15, -0.1) is 11.3 Å².